The van der Waals surface area contributed by atoms with Crippen molar-refractivity contribution < 1.29 is 0 Å². The second-order valence-electron chi connectivity index (χ2n) is 6.71. The average molecular weight is 251 g/mol. The summed E-state index contributed by atoms with van der Waals surface area (Å²) in [4.78, 5) is 5.45. The third-order valence-corrected chi connectivity index (χ3v) is 5.45. The molecule has 0 amide bonds. The smallest absolute Gasteiger partial charge is 0.0113 e. The van der Waals surface area contributed by atoms with Gasteiger partial charge in [-0.1, -0.05) is 13.3 Å². The van der Waals surface area contributed by atoms with Crippen molar-refractivity contribution >= 4 is 0 Å². The van der Waals surface area contributed by atoms with Crippen LogP contribution in [0.3, 0.4) is 0 Å². The van der Waals surface area contributed by atoms with Gasteiger partial charge in [0, 0.05) is 31.2 Å². The lowest BCUT2D eigenvalue weighted by Gasteiger charge is -2.49. The molecule has 3 fully saturated rings. The Hall–Kier alpha value is -0.120. The molecular formula is C15H29N3. The number of hydrogen-bond acceptors (Lipinski definition) is 3. The first kappa shape index (κ1) is 12.9. The van der Waals surface area contributed by atoms with Gasteiger partial charge < -0.3 is 10.6 Å². The first-order valence-electron chi connectivity index (χ1n) is 8.00. The number of nitrogens with two attached hydrogens (primary N) is 1. The molecule has 3 saturated heterocycles. The molecule has 104 valence electrons. The van der Waals surface area contributed by atoms with E-state index in [1.807, 2.05) is 0 Å². The van der Waals surface area contributed by atoms with Crippen molar-refractivity contribution in [3.05, 3.63) is 0 Å². The molecule has 3 unspecified atom stereocenters. The molecule has 3 aliphatic rings. The first-order valence-corrected chi connectivity index (χ1v) is 8.00. The fourth-order valence-electron chi connectivity index (χ4n) is 4.47. The number of nitrogens with zero attached hydrogens (tertiary/aromatic N) is 2. The highest BCUT2D eigenvalue weighted by molar-refractivity contribution is 4.95. The molecule has 3 nitrogen and oxygen atoms in total. The molecule has 3 aliphatic heterocycles. The van der Waals surface area contributed by atoms with Crippen LogP contribution in [0.1, 0.15) is 45.4 Å². The molecule has 0 aromatic carbocycles. The van der Waals surface area contributed by atoms with Gasteiger partial charge in [0.2, 0.25) is 0 Å². The number of piperidine rings is 2. The molecule has 0 aromatic rings. The quantitative estimate of drug-likeness (QED) is 0.828. The molecule has 3 atom stereocenters. The van der Waals surface area contributed by atoms with Gasteiger partial charge in [0.1, 0.15) is 0 Å². The Bertz CT molecular complexity index is 267. The van der Waals surface area contributed by atoms with Crippen molar-refractivity contribution in [2.75, 3.05) is 26.2 Å². The van der Waals surface area contributed by atoms with Crippen LogP contribution in [0.2, 0.25) is 0 Å². The van der Waals surface area contributed by atoms with Gasteiger partial charge in [-0.3, -0.25) is 4.90 Å². The summed E-state index contributed by atoms with van der Waals surface area (Å²) in [7, 11) is 0. The van der Waals surface area contributed by atoms with Gasteiger partial charge >= 0.3 is 0 Å². The van der Waals surface area contributed by atoms with Crippen molar-refractivity contribution in [1.82, 2.24) is 9.80 Å². The maximum absolute atomic E-state index is 6.20. The van der Waals surface area contributed by atoms with Crippen LogP contribution in [0.4, 0.5) is 0 Å². The number of hydrogen-bond donors (Lipinski definition) is 1. The van der Waals surface area contributed by atoms with Crippen LogP contribution < -0.4 is 5.73 Å². The van der Waals surface area contributed by atoms with E-state index in [4.69, 9.17) is 5.73 Å². The van der Waals surface area contributed by atoms with Crippen LogP contribution in [0.15, 0.2) is 0 Å². The van der Waals surface area contributed by atoms with E-state index in [-0.39, 0.29) is 0 Å². The van der Waals surface area contributed by atoms with Gasteiger partial charge in [0.25, 0.3) is 0 Å². The minimum absolute atomic E-state index is 0.479. The summed E-state index contributed by atoms with van der Waals surface area (Å²) in [6.45, 7) is 7.52. The summed E-state index contributed by atoms with van der Waals surface area (Å²) in [5, 5.41) is 0. The summed E-state index contributed by atoms with van der Waals surface area (Å²) >= 11 is 0. The highest BCUT2D eigenvalue weighted by Gasteiger charge is 2.38. The van der Waals surface area contributed by atoms with E-state index in [0.29, 0.717) is 6.04 Å². The molecule has 0 radical (unpaired) electrons. The Morgan fingerprint density at radius 2 is 1.83 bits per heavy atom. The van der Waals surface area contributed by atoms with Crippen molar-refractivity contribution in [2.45, 2.75) is 63.6 Å². The fraction of sp³-hybridized carbons (Fsp3) is 1.00. The lowest BCUT2D eigenvalue weighted by atomic mass is 9.81. The predicted molar refractivity (Wildman–Crippen MR) is 75.6 cm³/mol. The van der Waals surface area contributed by atoms with Crippen molar-refractivity contribution in [1.29, 1.82) is 0 Å². The third kappa shape index (κ3) is 2.59. The predicted octanol–water partition coefficient (Wildman–Crippen LogP) is 1.67. The molecule has 18 heavy (non-hydrogen) atoms. The largest absolute Gasteiger partial charge is 0.328 e. The van der Waals surface area contributed by atoms with Gasteiger partial charge in [0.05, 0.1) is 0 Å². The Labute approximate surface area is 112 Å². The standard InChI is InChI=1S/C15H29N3/c1-2-17-7-6-12(10-17)11-18-14-4-3-5-15(18)9-13(16)8-14/h12-15H,2-11,16H2,1H3. The molecule has 3 heteroatoms. The van der Waals surface area contributed by atoms with Gasteiger partial charge in [-0.2, -0.15) is 0 Å². The zero-order valence-electron chi connectivity index (χ0n) is 11.9. The average Bonchev–Trinajstić information content (AvgIpc) is 2.78. The number of rotatable bonds is 3. The Morgan fingerprint density at radius 1 is 1.11 bits per heavy atom. The summed E-state index contributed by atoms with van der Waals surface area (Å²) in [5.74, 6) is 0.919. The van der Waals surface area contributed by atoms with Gasteiger partial charge in [-0.05, 0) is 51.1 Å². The summed E-state index contributed by atoms with van der Waals surface area (Å²) < 4.78 is 0. The van der Waals surface area contributed by atoms with Gasteiger partial charge in [-0.25, -0.2) is 0 Å². The lowest BCUT2D eigenvalue weighted by molar-refractivity contribution is 0.0195. The van der Waals surface area contributed by atoms with Crippen molar-refractivity contribution in [3.8, 4) is 0 Å². The van der Waals surface area contributed by atoms with Crippen molar-refractivity contribution in [2.24, 2.45) is 11.7 Å². The van der Waals surface area contributed by atoms with Gasteiger partial charge in [0.15, 0.2) is 0 Å². The number of likely N-dealkylation sites (tertiary alicyclic amines) is 1. The molecule has 0 aliphatic carbocycles. The van der Waals surface area contributed by atoms with E-state index in [2.05, 4.69) is 16.7 Å². The molecule has 3 heterocycles. The van der Waals surface area contributed by atoms with Crippen LogP contribution in [0, 0.1) is 5.92 Å². The Kier molecular flexibility index (Phi) is 3.92. The van der Waals surface area contributed by atoms with Crippen LogP contribution in [-0.2, 0) is 0 Å². The zero-order chi connectivity index (χ0) is 12.5. The molecule has 3 rings (SSSR count). The molecule has 0 spiro atoms. The van der Waals surface area contributed by atoms with E-state index in [9.17, 15) is 0 Å². The van der Waals surface area contributed by atoms with Gasteiger partial charge in [-0.15, -0.1) is 0 Å². The van der Waals surface area contributed by atoms with Crippen LogP contribution in [-0.4, -0.2) is 54.1 Å². The van der Waals surface area contributed by atoms with Crippen LogP contribution >= 0.6 is 0 Å². The maximum atomic E-state index is 6.20. The third-order valence-electron chi connectivity index (χ3n) is 5.45. The normalized spacial score (nSPS) is 42.3. The highest BCUT2D eigenvalue weighted by Crippen LogP contribution is 2.34. The van der Waals surface area contributed by atoms with Crippen LogP contribution in [0.25, 0.3) is 0 Å². The summed E-state index contributed by atoms with van der Waals surface area (Å²) in [6.07, 6.45) is 8.14. The number of fused-ring (bicyclic) bond motifs is 2. The van der Waals surface area contributed by atoms with Crippen LogP contribution in [0.5, 0.6) is 0 Å². The molecule has 2 N–H and O–H groups in total. The SMILES string of the molecule is CCN1CCC(CN2C3CCCC2CC(N)C3)C1. The van der Waals surface area contributed by atoms with E-state index >= 15 is 0 Å². The Morgan fingerprint density at radius 3 is 2.44 bits per heavy atom. The van der Waals surface area contributed by atoms with E-state index in [1.165, 1.54) is 64.7 Å². The molecule has 0 aromatic heterocycles. The molecule has 0 saturated carbocycles. The maximum Gasteiger partial charge on any atom is 0.0113 e. The van der Waals surface area contributed by atoms with E-state index < -0.39 is 0 Å². The van der Waals surface area contributed by atoms with Crippen molar-refractivity contribution in [3.63, 3.8) is 0 Å². The lowest BCUT2D eigenvalue weighted by Crippen LogP contribution is -2.56. The summed E-state index contributed by atoms with van der Waals surface area (Å²) in [5.41, 5.74) is 6.20. The van der Waals surface area contributed by atoms with E-state index in [1.54, 1.807) is 0 Å². The summed E-state index contributed by atoms with van der Waals surface area (Å²) in [6, 6.07) is 2.10. The molecular weight excluding hydrogens is 222 g/mol. The minimum atomic E-state index is 0.479. The second-order valence-corrected chi connectivity index (χ2v) is 6.71. The zero-order valence-corrected chi connectivity index (χ0v) is 11.9. The topological polar surface area (TPSA) is 32.5 Å². The Balaban J connectivity index is 1.59. The van der Waals surface area contributed by atoms with E-state index in [0.717, 1.165) is 18.0 Å². The monoisotopic (exact) mass is 251 g/mol. The first-order chi connectivity index (χ1) is 8.76. The minimum Gasteiger partial charge on any atom is -0.328 e. The fourth-order valence-corrected chi connectivity index (χ4v) is 4.47. The molecule has 2 bridgehead atoms. The second kappa shape index (κ2) is 5.48. The highest BCUT2D eigenvalue weighted by atomic mass is 15.2.